The van der Waals surface area contributed by atoms with Crippen molar-refractivity contribution in [2.24, 2.45) is 5.92 Å². The molecule has 1 aliphatic rings. The summed E-state index contributed by atoms with van der Waals surface area (Å²) in [4.78, 5) is 23.1. The van der Waals surface area contributed by atoms with Gasteiger partial charge >= 0.3 is 0 Å². The zero-order chi connectivity index (χ0) is 17.8. The fourth-order valence-electron chi connectivity index (χ4n) is 2.87. The number of ether oxygens (including phenoxy) is 1. The van der Waals surface area contributed by atoms with Gasteiger partial charge in [-0.25, -0.2) is 4.98 Å². The molecule has 1 amide bonds. The van der Waals surface area contributed by atoms with Crippen molar-refractivity contribution in [2.45, 2.75) is 39.5 Å². The molecule has 0 aromatic carbocycles. The number of nitrogens with zero attached hydrogens (tertiary/aromatic N) is 4. The molecular weight excluding hydrogens is 320 g/mol. The van der Waals surface area contributed by atoms with Crippen molar-refractivity contribution in [1.29, 1.82) is 0 Å². The molecule has 3 rings (SSSR count). The predicted molar refractivity (Wildman–Crippen MR) is 91.5 cm³/mol. The normalized spacial score (nSPS) is 17.8. The highest BCUT2D eigenvalue weighted by molar-refractivity contribution is 5.94. The van der Waals surface area contributed by atoms with Gasteiger partial charge in [0.1, 0.15) is 0 Å². The van der Waals surface area contributed by atoms with Gasteiger partial charge in [0.15, 0.2) is 5.82 Å². The van der Waals surface area contributed by atoms with Crippen molar-refractivity contribution in [3.05, 3.63) is 35.6 Å². The maximum absolute atomic E-state index is 12.7. The Labute approximate surface area is 147 Å². The average Bonchev–Trinajstić information content (AvgIpc) is 3.06. The Hall–Kier alpha value is -2.44. The summed E-state index contributed by atoms with van der Waals surface area (Å²) in [6.07, 6.45) is 3.45. The molecule has 1 atom stereocenters. The highest BCUT2D eigenvalue weighted by atomic mass is 16.5. The molecule has 0 spiro atoms. The van der Waals surface area contributed by atoms with E-state index in [0.29, 0.717) is 42.2 Å². The van der Waals surface area contributed by atoms with E-state index in [1.54, 1.807) is 25.3 Å². The van der Waals surface area contributed by atoms with Crippen molar-refractivity contribution in [3.63, 3.8) is 0 Å². The number of amides is 1. The minimum Gasteiger partial charge on any atom is -0.477 e. The number of pyridine rings is 1. The third kappa shape index (κ3) is 4.35. The molecule has 134 valence electrons. The molecule has 7 heteroatoms. The minimum atomic E-state index is -0.0242. The minimum absolute atomic E-state index is 0.0242. The van der Waals surface area contributed by atoms with Gasteiger partial charge in [-0.05, 0) is 31.7 Å². The molecular formula is C18H24N4O3. The van der Waals surface area contributed by atoms with Crippen LogP contribution in [0.3, 0.4) is 0 Å². The predicted octanol–water partition coefficient (Wildman–Crippen LogP) is 2.83. The van der Waals surface area contributed by atoms with Gasteiger partial charge in [0, 0.05) is 25.4 Å². The average molecular weight is 344 g/mol. The zero-order valence-electron chi connectivity index (χ0n) is 14.9. The molecule has 1 unspecified atom stereocenters. The van der Waals surface area contributed by atoms with Crippen LogP contribution in [0, 0.1) is 12.8 Å². The van der Waals surface area contributed by atoms with Crippen LogP contribution in [0.1, 0.15) is 54.7 Å². The van der Waals surface area contributed by atoms with Gasteiger partial charge in [0.25, 0.3) is 5.91 Å². The lowest BCUT2D eigenvalue weighted by molar-refractivity contribution is 0.0695. The first-order valence-corrected chi connectivity index (χ1v) is 8.71. The van der Waals surface area contributed by atoms with Crippen LogP contribution in [0.15, 0.2) is 22.9 Å². The van der Waals surface area contributed by atoms with Crippen LogP contribution >= 0.6 is 0 Å². The number of hydrogen-bond acceptors (Lipinski definition) is 6. The zero-order valence-corrected chi connectivity index (χ0v) is 14.9. The van der Waals surface area contributed by atoms with E-state index in [1.807, 2.05) is 4.90 Å². The number of aryl methyl sites for hydroxylation is 1. The number of rotatable bonds is 5. The Balaban J connectivity index is 1.63. The van der Waals surface area contributed by atoms with Crippen molar-refractivity contribution < 1.29 is 14.1 Å². The molecule has 0 N–H and O–H groups in total. The summed E-state index contributed by atoms with van der Waals surface area (Å²) in [5.41, 5.74) is 0.569. The Morgan fingerprint density at radius 1 is 1.44 bits per heavy atom. The van der Waals surface area contributed by atoms with Crippen molar-refractivity contribution in [2.75, 3.05) is 19.7 Å². The van der Waals surface area contributed by atoms with Gasteiger partial charge < -0.3 is 14.2 Å². The van der Waals surface area contributed by atoms with E-state index in [9.17, 15) is 4.79 Å². The van der Waals surface area contributed by atoms with E-state index in [2.05, 4.69) is 29.0 Å². The Morgan fingerprint density at radius 3 is 2.92 bits per heavy atom. The molecule has 0 radical (unpaired) electrons. The first-order valence-electron chi connectivity index (χ1n) is 8.71. The highest BCUT2D eigenvalue weighted by Gasteiger charge is 2.28. The van der Waals surface area contributed by atoms with Gasteiger partial charge in [0.05, 0.1) is 18.1 Å². The molecule has 7 nitrogen and oxygen atoms in total. The van der Waals surface area contributed by atoms with E-state index in [1.165, 1.54) is 0 Å². The Morgan fingerprint density at radius 2 is 2.28 bits per heavy atom. The van der Waals surface area contributed by atoms with Gasteiger partial charge in [-0.1, -0.05) is 19.0 Å². The van der Waals surface area contributed by atoms with E-state index < -0.39 is 0 Å². The molecule has 0 bridgehead atoms. The Bertz CT molecular complexity index is 711. The van der Waals surface area contributed by atoms with E-state index in [-0.39, 0.29) is 11.8 Å². The topological polar surface area (TPSA) is 81.4 Å². The summed E-state index contributed by atoms with van der Waals surface area (Å²) < 4.78 is 10.8. The summed E-state index contributed by atoms with van der Waals surface area (Å²) in [6, 6.07) is 3.52. The fourth-order valence-corrected chi connectivity index (χ4v) is 2.87. The van der Waals surface area contributed by atoms with Crippen LogP contribution in [0.4, 0.5) is 0 Å². The molecule has 2 aromatic rings. The molecule has 3 heterocycles. The number of hydrogen-bond donors (Lipinski definition) is 0. The van der Waals surface area contributed by atoms with E-state index >= 15 is 0 Å². The molecule has 0 aliphatic carbocycles. The van der Waals surface area contributed by atoms with Crippen LogP contribution < -0.4 is 4.74 Å². The van der Waals surface area contributed by atoms with Crippen molar-refractivity contribution in [3.8, 4) is 5.88 Å². The molecule has 1 saturated heterocycles. The summed E-state index contributed by atoms with van der Waals surface area (Å²) >= 11 is 0. The Kier molecular flexibility index (Phi) is 5.31. The maximum Gasteiger partial charge on any atom is 0.255 e. The van der Waals surface area contributed by atoms with Gasteiger partial charge in [-0.2, -0.15) is 4.98 Å². The van der Waals surface area contributed by atoms with Gasteiger partial charge in [0.2, 0.25) is 11.8 Å². The van der Waals surface area contributed by atoms with Gasteiger partial charge in [-0.3, -0.25) is 4.79 Å². The van der Waals surface area contributed by atoms with Crippen LogP contribution in [0.2, 0.25) is 0 Å². The SMILES string of the molecule is Cc1noc(C2CCCN(C(=O)c3ccc(OCC(C)C)nc3)C2)n1. The molecule has 0 saturated carbocycles. The molecule has 25 heavy (non-hydrogen) atoms. The molecule has 1 aliphatic heterocycles. The maximum atomic E-state index is 12.7. The first-order chi connectivity index (χ1) is 12.0. The number of carbonyl (C=O) groups excluding carboxylic acids is 1. The fraction of sp³-hybridized carbons (Fsp3) is 0.556. The van der Waals surface area contributed by atoms with Crippen LogP contribution in [-0.4, -0.2) is 45.6 Å². The second kappa shape index (κ2) is 7.63. The third-order valence-electron chi connectivity index (χ3n) is 4.15. The number of piperidine rings is 1. The lowest BCUT2D eigenvalue weighted by Gasteiger charge is -2.31. The lowest BCUT2D eigenvalue weighted by atomic mass is 9.97. The highest BCUT2D eigenvalue weighted by Crippen LogP contribution is 2.26. The van der Waals surface area contributed by atoms with E-state index in [4.69, 9.17) is 9.26 Å². The largest absolute Gasteiger partial charge is 0.477 e. The summed E-state index contributed by atoms with van der Waals surface area (Å²) in [6.45, 7) is 7.89. The lowest BCUT2D eigenvalue weighted by Crippen LogP contribution is -2.39. The van der Waals surface area contributed by atoms with E-state index in [0.717, 1.165) is 19.4 Å². The van der Waals surface area contributed by atoms with Gasteiger partial charge in [-0.15, -0.1) is 0 Å². The number of aromatic nitrogens is 3. The standard InChI is InChI=1S/C18H24N4O3/c1-12(2)11-24-16-7-6-14(9-19-16)18(23)22-8-4-5-15(10-22)17-20-13(3)21-25-17/h6-7,9,12,15H,4-5,8,10-11H2,1-3H3. The summed E-state index contributed by atoms with van der Waals surface area (Å²) in [7, 11) is 0. The number of carbonyl (C=O) groups is 1. The van der Waals surface area contributed by atoms with Crippen molar-refractivity contribution in [1.82, 2.24) is 20.0 Å². The second-order valence-corrected chi connectivity index (χ2v) is 6.86. The number of likely N-dealkylation sites (tertiary alicyclic amines) is 1. The van der Waals surface area contributed by atoms with Crippen LogP contribution in [0.25, 0.3) is 0 Å². The first kappa shape index (κ1) is 17.4. The molecule has 2 aromatic heterocycles. The monoisotopic (exact) mass is 344 g/mol. The quantitative estimate of drug-likeness (QED) is 0.829. The second-order valence-electron chi connectivity index (χ2n) is 6.86. The van der Waals surface area contributed by atoms with Crippen LogP contribution in [-0.2, 0) is 0 Å². The smallest absolute Gasteiger partial charge is 0.255 e. The molecule has 1 fully saturated rings. The van der Waals surface area contributed by atoms with Crippen molar-refractivity contribution >= 4 is 5.91 Å². The van der Waals surface area contributed by atoms with Crippen LogP contribution in [0.5, 0.6) is 5.88 Å². The summed E-state index contributed by atoms with van der Waals surface area (Å²) in [5, 5.41) is 3.85. The summed E-state index contributed by atoms with van der Waals surface area (Å²) in [5.74, 6) is 2.29. The third-order valence-corrected chi connectivity index (χ3v) is 4.15.